The van der Waals surface area contributed by atoms with Crippen molar-refractivity contribution in [2.24, 2.45) is 0 Å². The highest BCUT2D eigenvalue weighted by atomic mass is 19.1. The summed E-state index contributed by atoms with van der Waals surface area (Å²) in [6.45, 7) is 0.258. The zero-order chi connectivity index (χ0) is 13.8. The Morgan fingerprint density at radius 1 is 1.47 bits per heavy atom. The number of nitrogens with zero attached hydrogens (tertiary/aromatic N) is 3. The van der Waals surface area contributed by atoms with Crippen molar-refractivity contribution in [3.05, 3.63) is 57.9 Å². The maximum absolute atomic E-state index is 13.5. The molecule has 96 valence electrons. The number of anilines is 1. The van der Waals surface area contributed by atoms with E-state index in [1.165, 1.54) is 12.1 Å². The lowest BCUT2D eigenvalue weighted by Gasteiger charge is -2.18. The van der Waals surface area contributed by atoms with E-state index in [4.69, 9.17) is 5.26 Å². The van der Waals surface area contributed by atoms with E-state index < -0.39 is 5.69 Å². The SMILES string of the molecule is CN(Cc1ccccc1F)c1cc(C#N)[nH]c(=O)n1. The molecule has 0 amide bonds. The zero-order valence-electron chi connectivity index (χ0n) is 10.2. The van der Waals surface area contributed by atoms with Gasteiger partial charge >= 0.3 is 5.69 Å². The van der Waals surface area contributed by atoms with Crippen LogP contribution in [0.2, 0.25) is 0 Å². The molecular formula is C13H11FN4O. The average Bonchev–Trinajstić information content (AvgIpc) is 2.40. The van der Waals surface area contributed by atoms with Crippen LogP contribution in [0.3, 0.4) is 0 Å². The molecule has 0 saturated carbocycles. The standard InChI is InChI=1S/C13H11FN4O/c1-18(8-9-4-2-3-5-11(9)14)12-6-10(7-15)16-13(19)17-12/h2-6H,8H2,1H3,(H,16,17,19). The molecule has 0 aliphatic carbocycles. The molecule has 5 nitrogen and oxygen atoms in total. The molecule has 1 aromatic carbocycles. The predicted octanol–water partition coefficient (Wildman–Crippen LogP) is 1.42. The van der Waals surface area contributed by atoms with Crippen molar-refractivity contribution in [1.82, 2.24) is 9.97 Å². The van der Waals surface area contributed by atoms with E-state index in [0.717, 1.165) is 0 Å². The van der Waals surface area contributed by atoms with Gasteiger partial charge in [0.15, 0.2) is 0 Å². The first-order chi connectivity index (χ1) is 9.10. The number of halogens is 1. The smallest absolute Gasteiger partial charge is 0.347 e. The van der Waals surface area contributed by atoms with Crippen molar-refractivity contribution in [3.63, 3.8) is 0 Å². The van der Waals surface area contributed by atoms with Gasteiger partial charge in [0.2, 0.25) is 0 Å². The largest absolute Gasteiger partial charge is 0.355 e. The second kappa shape index (κ2) is 5.31. The van der Waals surface area contributed by atoms with E-state index in [1.54, 1.807) is 30.1 Å². The summed E-state index contributed by atoms with van der Waals surface area (Å²) in [7, 11) is 1.68. The number of nitriles is 1. The Morgan fingerprint density at radius 3 is 2.89 bits per heavy atom. The molecule has 0 saturated heterocycles. The number of hydrogen-bond donors (Lipinski definition) is 1. The molecule has 19 heavy (non-hydrogen) atoms. The summed E-state index contributed by atoms with van der Waals surface area (Å²) < 4.78 is 13.5. The van der Waals surface area contributed by atoms with Crippen molar-refractivity contribution < 1.29 is 4.39 Å². The van der Waals surface area contributed by atoms with E-state index in [0.29, 0.717) is 11.4 Å². The summed E-state index contributed by atoms with van der Waals surface area (Å²) in [5.74, 6) is 0.00301. The first kappa shape index (κ1) is 12.8. The molecule has 0 bridgehead atoms. The molecule has 6 heteroatoms. The van der Waals surface area contributed by atoms with Crippen LogP contribution in [0.25, 0.3) is 0 Å². The minimum atomic E-state index is -0.602. The van der Waals surface area contributed by atoms with E-state index in [2.05, 4.69) is 9.97 Å². The minimum Gasteiger partial charge on any atom is -0.355 e. The summed E-state index contributed by atoms with van der Waals surface area (Å²) in [5.41, 5.74) is 0.00964. The normalized spacial score (nSPS) is 9.95. The highest BCUT2D eigenvalue weighted by Gasteiger charge is 2.09. The molecule has 0 atom stereocenters. The quantitative estimate of drug-likeness (QED) is 0.903. The maximum Gasteiger partial charge on any atom is 0.347 e. The summed E-state index contributed by atoms with van der Waals surface area (Å²) in [6.07, 6.45) is 0. The molecule has 0 unspecified atom stereocenters. The lowest BCUT2D eigenvalue weighted by atomic mass is 10.2. The number of rotatable bonds is 3. The molecule has 0 aliphatic rings. The van der Waals surface area contributed by atoms with Crippen LogP contribution in [0, 0.1) is 17.1 Å². The molecule has 0 radical (unpaired) electrons. The van der Waals surface area contributed by atoms with Gasteiger partial charge in [-0.2, -0.15) is 10.2 Å². The average molecular weight is 258 g/mol. The predicted molar refractivity (Wildman–Crippen MR) is 68.1 cm³/mol. The lowest BCUT2D eigenvalue weighted by molar-refractivity contribution is 0.607. The van der Waals surface area contributed by atoms with E-state index in [9.17, 15) is 9.18 Å². The maximum atomic E-state index is 13.5. The Bertz CT molecular complexity index is 690. The van der Waals surface area contributed by atoms with Crippen LogP contribution in [-0.2, 0) is 6.54 Å². The van der Waals surface area contributed by atoms with Gasteiger partial charge < -0.3 is 4.90 Å². The molecule has 0 aliphatic heterocycles. The second-order valence-corrected chi connectivity index (χ2v) is 4.02. The van der Waals surface area contributed by atoms with Crippen LogP contribution in [0.15, 0.2) is 35.1 Å². The van der Waals surface area contributed by atoms with Crippen molar-refractivity contribution >= 4 is 5.82 Å². The van der Waals surface area contributed by atoms with Gasteiger partial charge in [-0.1, -0.05) is 18.2 Å². The molecule has 2 rings (SSSR count). The summed E-state index contributed by atoms with van der Waals surface area (Å²) in [4.78, 5) is 18.9. The van der Waals surface area contributed by atoms with E-state index in [1.807, 2.05) is 6.07 Å². The summed E-state index contributed by atoms with van der Waals surface area (Å²) in [5, 5.41) is 8.78. The Balaban J connectivity index is 2.28. The van der Waals surface area contributed by atoms with Gasteiger partial charge in [-0.25, -0.2) is 9.18 Å². The molecule has 0 fully saturated rings. The van der Waals surface area contributed by atoms with Crippen molar-refractivity contribution in [2.75, 3.05) is 11.9 Å². The Morgan fingerprint density at radius 2 is 2.21 bits per heavy atom. The first-order valence-corrected chi connectivity index (χ1v) is 5.56. The van der Waals surface area contributed by atoms with Crippen molar-refractivity contribution in [3.8, 4) is 6.07 Å². The molecule has 1 N–H and O–H groups in total. The van der Waals surface area contributed by atoms with Crippen LogP contribution in [0.5, 0.6) is 0 Å². The molecule has 2 aromatic rings. The second-order valence-electron chi connectivity index (χ2n) is 4.02. The molecule has 1 aromatic heterocycles. The minimum absolute atomic E-state index is 0.121. The summed E-state index contributed by atoms with van der Waals surface area (Å²) >= 11 is 0. The fourth-order valence-corrected chi connectivity index (χ4v) is 1.66. The monoisotopic (exact) mass is 258 g/mol. The van der Waals surface area contributed by atoms with Gasteiger partial charge in [0.1, 0.15) is 23.4 Å². The number of hydrogen-bond acceptors (Lipinski definition) is 4. The lowest BCUT2D eigenvalue weighted by Crippen LogP contribution is -2.23. The van der Waals surface area contributed by atoms with Crippen molar-refractivity contribution in [2.45, 2.75) is 6.54 Å². The fraction of sp³-hybridized carbons (Fsp3) is 0.154. The Kier molecular flexibility index (Phi) is 3.57. The summed E-state index contributed by atoms with van der Waals surface area (Å²) in [6, 6.07) is 9.66. The molecule has 1 heterocycles. The van der Waals surface area contributed by atoms with Gasteiger partial charge in [0, 0.05) is 25.2 Å². The van der Waals surface area contributed by atoms with E-state index >= 15 is 0 Å². The highest BCUT2D eigenvalue weighted by Crippen LogP contribution is 2.14. The number of aromatic amines is 1. The van der Waals surface area contributed by atoms with Crippen LogP contribution in [0.1, 0.15) is 11.3 Å². The number of benzene rings is 1. The van der Waals surface area contributed by atoms with Crippen LogP contribution >= 0.6 is 0 Å². The molecule has 0 spiro atoms. The first-order valence-electron chi connectivity index (χ1n) is 5.56. The Hall–Kier alpha value is -2.68. The van der Waals surface area contributed by atoms with E-state index in [-0.39, 0.29) is 18.1 Å². The molecular weight excluding hydrogens is 247 g/mol. The third-order valence-corrected chi connectivity index (χ3v) is 2.61. The Labute approximate surface area is 109 Å². The van der Waals surface area contributed by atoms with Gasteiger partial charge in [-0.15, -0.1) is 0 Å². The topological polar surface area (TPSA) is 72.8 Å². The number of aromatic nitrogens is 2. The third-order valence-electron chi connectivity index (χ3n) is 2.61. The number of nitrogens with one attached hydrogen (secondary N) is 1. The van der Waals surface area contributed by atoms with Crippen LogP contribution < -0.4 is 10.6 Å². The van der Waals surface area contributed by atoms with Crippen LogP contribution in [-0.4, -0.2) is 17.0 Å². The fourth-order valence-electron chi connectivity index (χ4n) is 1.66. The van der Waals surface area contributed by atoms with Gasteiger partial charge in [0.05, 0.1) is 0 Å². The van der Waals surface area contributed by atoms with Crippen LogP contribution in [0.4, 0.5) is 10.2 Å². The zero-order valence-corrected chi connectivity index (χ0v) is 10.2. The van der Waals surface area contributed by atoms with Gasteiger partial charge in [-0.05, 0) is 6.07 Å². The van der Waals surface area contributed by atoms with Gasteiger partial charge in [-0.3, -0.25) is 4.98 Å². The van der Waals surface area contributed by atoms with Gasteiger partial charge in [0.25, 0.3) is 0 Å². The third kappa shape index (κ3) is 2.96. The van der Waals surface area contributed by atoms with Crippen molar-refractivity contribution in [1.29, 1.82) is 5.26 Å². The highest BCUT2D eigenvalue weighted by molar-refractivity contribution is 5.42. The number of H-pyrrole nitrogens is 1.